The Hall–Kier alpha value is -2.56. The van der Waals surface area contributed by atoms with Gasteiger partial charge in [0, 0.05) is 17.9 Å². The molecule has 0 aliphatic carbocycles. The Morgan fingerprint density at radius 1 is 1.28 bits per heavy atom. The van der Waals surface area contributed by atoms with Crippen molar-refractivity contribution in [2.75, 3.05) is 0 Å². The predicted octanol–water partition coefficient (Wildman–Crippen LogP) is 4.13. The fourth-order valence-electron chi connectivity index (χ4n) is 3.41. The first-order valence-corrected chi connectivity index (χ1v) is 8.84. The van der Waals surface area contributed by atoms with Crippen LogP contribution in [0.2, 0.25) is 0 Å². The van der Waals surface area contributed by atoms with Crippen molar-refractivity contribution < 1.29 is 4.79 Å². The highest BCUT2D eigenvalue weighted by atomic mass is 16.1. The van der Waals surface area contributed by atoms with Crippen molar-refractivity contribution in [2.45, 2.75) is 47.2 Å². The third-order valence-electron chi connectivity index (χ3n) is 4.79. The third kappa shape index (κ3) is 3.18. The summed E-state index contributed by atoms with van der Waals surface area (Å²) in [7, 11) is 0. The number of nitrogens with one attached hydrogen (secondary N) is 2. The summed E-state index contributed by atoms with van der Waals surface area (Å²) in [5.74, 6) is 0.972. The number of H-pyrrole nitrogens is 1. The van der Waals surface area contributed by atoms with Crippen LogP contribution in [0.1, 0.15) is 54.4 Å². The number of aryl methyl sites for hydroxylation is 1. The molecule has 0 spiro atoms. The minimum absolute atomic E-state index is 0.0491. The minimum atomic E-state index is -0.162. The number of aromatic nitrogens is 3. The van der Waals surface area contributed by atoms with E-state index in [0.717, 1.165) is 40.4 Å². The molecular weight excluding hydrogens is 312 g/mol. The van der Waals surface area contributed by atoms with E-state index in [4.69, 9.17) is 0 Å². The molecule has 2 heterocycles. The van der Waals surface area contributed by atoms with Gasteiger partial charge in [-0.05, 0) is 44.9 Å². The smallest absolute Gasteiger partial charge is 0.253 e. The second-order valence-corrected chi connectivity index (χ2v) is 6.86. The quantitative estimate of drug-likeness (QED) is 0.735. The van der Waals surface area contributed by atoms with Gasteiger partial charge in [0.15, 0.2) is 0 Å². The first-order valence-electron chi connectivity index (χ1n) is 8.84. The molecule has 1 amide bonds. The molecule has 2 aromatic heterocycles. The van der Waals surface area contributed by atoms with Crippen LogP contribution in [0.15, 0.2) is 30.3 Å². The van der Waals surface area contributed by atoms with E-state index in [9.17, 15) is 4.79 Å². The molecule has 0 fully saturated rings. The highest BCUT2D eigenvalue weighted by molar-refractivity contribution is 5.96. The molecule has 132 valence electrons. The van der Waals surface area contributed by atoms with Gasteiger partial charge in [-0.1, -0.05) is 26.0 Å². The number of imidazole rings is 1. The average Bonchev–Trinajstić information content (AvgIpc) is 3.12. The van der Waals surface area contributed by atoms with Crippen LogP contribution in [0.5, 0.6) is 0 Å². The SMILES string of the molecule is CCn1c(C)cc(C(=O)NC(c2nc3ccccc3[nH]2)C(C)C)c1C. The maximum Gasteiger partial charge on any atom is 0.253 e. The van der Waals surface area contributed by atoms with E-state index in [-0.39, 0.29) is 17.9 Å². The standard InChI is InChI=1S/C20H26N4O/c1-6-24-13(4)11-15(14(24)5)20(25)23-18(12(2)3)19-21-16-9-7-8-10-17(16)22-19/h7-12,18H,6H2,1-5H3,(H,21,22)(H,23,25). The molecule has 3 aromatic rings. The Kier molecular flexibility index (Phi) is 4.66. The van der Waals surface area contributed by atoms with Gasteiger partial charge in [0.2, 0.25) is 0 Å². The molecule has 1 aromatic carbocycles. The summed E-state index contributed by atoms with van der Waals surface area (Å²) in [6.07, 6.45) is 0. The Morgan fingerprint density at radius 2 is 2.00 bits per heavy atom. The van der Waals surface area contributed by atoms with Crippen LogP contribution in [-0.2, 0) is 6.54 Å². The monoisotopic (exact) mass is 338 g/mol. The van der Waals surface area contributed by atoms with Gasteiger partial charge in [-0.2, -0.15) is 0 Å². The van der Waals surface area contributed by atoms with Gasteiger partial charge >= 0.3 is 0 Å². The second-order valence-electron chi connectivity index (χ2n) is 6.86. The number of carbonyl (C=O) groups excluding carboxylic acids is 1. The maximum atomic E-state index is 12.9. The van der Waals surface area contributed by atoms with Crippen LogP contribution in [0.25, 0.3) is 11.0 Å². The lowest BCUT2D eigenvalue weighted by molar-refractivity contribution is 0.0922. The topological polar surface area (TPSA) is 62.7 Å². The molecule has 0 aliphatic rings. The van der Waals surface area contributed by atoms with Gasteiger partial charge in [-0.25, -0.2) is 4.98 Å². The molecule has 0 saturated carbocycles. The van der Waals surface area contributed by atoms with Gasteiger partial charge in [-0.3, -0.25) is 4.79 Å². The summed E-state index contributed by atoms with van der Waals surface area (Å²) in [6.45, 7) is 11.2. The maximum absolute atomic E-state index is 12.9. The summed E-state index contributed by atoms with van der Waals surface area (Å²) in [5.41, 5.74) is 4.75. The number of carbonyl (C=O) groups is 1. The Labute approximate surface area is 148 Å². The molecule has 0 bridgehead atoms. The lowest BCUT2D eigenvalue weighted by Crippen LogP contribution is -2.32. The number of nitrogens with zero attached hydrogens (tertiary/aromatic N) is 2. The minimum Gasteiger partial charge on any atom is -0.349 e. The molecule has 2 N–H and O–H groups in total. The van der Waals surface area contributed by atoms with Crippen LogP contribution < -0.4 is 5.32 Å². The fraction of sp³-hybridized carbons (Fsp3) is 0.400. The number of amides is 1. The zero-order valence-electron chi connectivity index (χ0n) is 15.6. The van der Waals surface area contributed by atoms with Gasteiger partial charge in [0.25, 0.3) is 5.91 Å². The van der Waals surface area contributed by atoms with E-state index >= 15 is 0 Å². The Morgan fingerprint density at radius 3 is 2.60 bits per heavy atom. The lowest BCUT2D eigenvalue weighted by Gasteiger charge is -2.20. The van der Waals surface area contributed by atoms with Crippen LogP contribution >= 0.6 is 0 Å². The number of para-hydroxylation sites is 2. The Balaban J connectivity index is 1.90. The van der Waals surface area contributed by atoms with Crippen molar-refractivity contribution in [1.82, 2.24) is 19.9 Å². The molecule has 3 rings (SSSR count). The number of aromatic amines is 1. The highest BCUT2D eigenvalue weighted by Crippen LogP contribution is 2.23. The predicted molar refractivity (Wildman–Crippen MR) is 101 cm³/mol. The summed E-state index contributed by atoms with van der Waals surface area (Å²) in [5, 5.41) is 3.17. The normalized spacial score (nSPS) is 12.7. The van der Waals surface area contributed by atoms with Crippen LogP contribution in [0.3, 0.4) is 0 Å². The van der Waals surface area contributed by atoms with E-state index < -0.39 is 0 Å². The zero-order valence-corrected chi connectivity index (χ0v) is 15.6. The number of fused-ring (bicyclic) bond motifs is 1. The van der Waals surface area contributed by atoms with Gasteiger partial charge < -0.3 is 14.9 Å². The van der Waals surface area contributed by atoms with Crippen molar-refractivity contribution in [3.8, 4) is 0 Å². The van der Waals surface area contributed by atoms with Crippen LogP contribution in [0, 0.1) is 19.8 Å². The lowest BCUT2D eigenvalue weighted by atomic mass is 10.0. The molecule has 1 atom stereocenters. The summed E-state index contributed by atoms with van der Waals surface area (Å²) >= 11 is 0. The second kappa shape index (κ2) is 6.75. The summed E-state index contributed by atoms with van der Waals surface area (Å²) in [4.78, 5) is 20.9. The number of rotatable bonds is 5. The molecule has 0 aliphatic heterocycles. The molecule has 25 heavy (non-hydrogen) atoms. The molecular formula is C20H26N4O. The van der Waals surface area contributed by atoms with Gasteiger partial charge in [0.1, 0.15) is 5.82 Å². The van der Waals surface area contributed by atoms with Crippen molar-refractivity contribution in [1.29, 1.82) is 0 Å². The van der Waals surface area contributed by atoms with E-state index in [1.54, 1.807) is 0 Å². The van der Waals surface area contributed by atoms with Gasteiger partial charge in [-0.15, -0.1) is 0 Å². The van der Waals surface area contributed by atoms with Crippen molar-refractivity contribution in [3.05, 3.63) is 53.1 Å². The van der Waals surface area contributed by atoms with E-state index in [0.29, 0.717) is 0 Å². The fourth-order valence-corrected chi connectivity index (χ4v) is 3.41. The van der Waals surface area contributed by atoms with E-state index in [2.05, 4.69) is 40.6 Å². The third-order valence-corrected chi connectivity index (χ3v) is 4.79. The molecule has 1 unspecified atom stereocenters. The number of benzene rings is 1. The molecule has 5 nitrogen and oxygen atoms in total. The number of hydrogen-bond acceptors (Lipinski definition) is 2. The first-order chi connectivity index (χ1) is 11.9. The van der Waals surface area contributed by atoms with Crippen LogP contribution in [0.4, 0.5) is 0 Å². The van der Waals surface area contributed by atoms with Crippen molar-refractivity contribution >= 4 is 16.9 Å². The highest BCUT2D eigenvalue weighted by Gasteiger charge is 2.24. The van der Waals surface area contributed by atoms with E-state index in [1.165, 1.54) is 0 Å². The number of hydrogen-bond donors (Lipinski definition) is 2. The molecule has 0 radical (unpaired) electrons. The molecule has 5 heteroatoms. The van der Waals surface area contributed by atoms with Crippen molar-refractivity contribution in [3.63, 3.8) is 0 Å². The van der Waals surface area contributed by atoms with Crippen molar-refractivity contribution in [2.24, 2.45) is 5.92 Å². The zero-order chi connectivity index (χ0) is 18.1. The summed E-state index contributed by atoms with van der Waals surface area (Å²) < 4.78 is 2.15. The van der Waals surface area contributed by atoms with E-state index in [1.807, 2.05) is 44.2 Å². The van der Waals surface area contributed by atoms with Crippen LogP contribution in [-0.4, -0.2) is 20.4 Å². The Bertz CT molecular complexity index is 871. The largest absolute Gasteiger partial charge is 0.349 e. The van der Waals surface area contributed by atoms with Gasteiger partial charge in [0.05, 0.1) is 22.6 Å². The average molecular weight is 338 g/mol. The summed E-state index contributed by atoms with van der Waals surface area (Å²) in [6, 6.07) is 9.72. The molecule has 0 saturated heterocycles. The first kappa shape index (κ1) is 17.3.